The zero-order chi connectivity index (χ0) is 13.9. The van der Waals surface area contributed by atoms with Crippen molar-refractivity contribution < 1.29 is 0 Å². The predicted molar refractivity (Wildman–Crippen MR) is 86.3 cm³/mol. The van der Waals surface area contributed by atoms with Gasteiger partial charge >= 0.3 is 0 Å². The second-order valence-corrected chi connectivity index (χ2v) is 7.43. The largest absolute Gasteiger partial charge is 0.310 e. The number of hydrogen-bond acceptors (Lipinski definition) is 4. The molecular formula is C16H27N3S. The summed E-state index contributed by atoms with van der Waals surface area (Å²) >= 11 is 1.84. The van der Waals surface area contributed by atoms with E-state index in [0.29, 0.717) is 12.1 Å². The molecule has 0 bridgehead atoms. The van der Waals surface area contributed by atoms with Crippen molar-refractivity contribution in [1.29, 1.82) is 0 Å². The topological polar surface area (TPSA) is 18.5 Å². The Hall–Kier alpha value is -0.420. The summed E-state index contributed by atoms with van der Waals surface area (Å²) in [6.45, 7) is 10.7. The smallest absolute Gasteiger partial charge is 0.0300 e. The SMILES string of the molecule is CC(CNCc1cccs1)N1CC2CCCN2CC1C. The second-order valence-electron chi connectivity index (χ2n) is 6.40. The van der Waals surface area contributed by atoms with Crippen molar-refractivity contribution in [2.24, 2.45) is 0 Å². The lowest BCUT2D eigenvalue weighted by molar-refractivity contribution is 0.0331. The molecule has 0 saturated carbocycles. The molecule has 0 aromatic carbocycles. The third-order valence-corrected chi connectivity index (χ3v) is 5.75. The molecule has 4 heteroatoms. The Kier molecular flexibility index (Phi) is 4.76. The first-order valence-electron chi connectivity index (χ1n) is 7.97. The lowest BCUT2D eigenvalue weighted by Crippen LogP contribution is -2.58. The Labute approximate surface area is 127 Å². The van der Waals surface area contributed by atoms with E-state index < -0.39 is 0 Å². The van der Waals surface area contributed by atoms with E-state index in [1.165, 1.54) is 37.4 Å². The average molecular weight is 293 g/mol. The Morgan fingerprint density at radius 2 is 2.35 bits per heavy atom. The monoisotopic (exact) mass is 293 g/mol. The molecule has 0 spiro atoms. The molecule has 1 aromatic rings. The minimum Gasteiger partial charge on any atom is -0.310 e. The number of thiophene rings is 1. The molecule has 3 heterocycles. The molecule has 2 saturated heterocycles. The maximum absolute atomic E-state index is 3.62. The zero-order valence-electron chi connectivity index (χ0n) is 12.7. The van der Waals surface area contributed by atoms with E-state index in [4.69, 9.17) is 0 Å². The summed E-state index contributed by atoms with van der Waals surface area (Å²) in [4.78, 5) is 6.85. The van der Waals surface area contributed by atoms with Crippen LogP contribution in [0, 0.1) is 0 Å². The molecule has 0 aliphatic carbocycles. The molecule has 3 rings (SSSR count). The highest BCUT2D eigenvalue weighted by Gasteiger charge is 2.35. The van der Waals surface area contributed by atoms with Crippen LogP contribution < -0.4 is 5.32 Å². The Bertz CT molecular complexity index is 406. The number of piperazine rings is 1. The third kappa shape index (κ3) is 3.25. The van der Waals surface area contributed by atoms with E-state index >= 15 is 0 Å². The van der Waals surface area contributed by atoms with Crippen molar-refractivity contribution in [1.82, 2.24) is 15.1 Å². The van der Waals surface area contributed by atoms with Gasteiger partial charge in [0.1, 0.15) is 0 Å². The first kappa shape index (κ1) is 14.5. The van der Waals surface area contributed by atoms with Crippen LogP contribution in [-0.4, -0.2) is 54.1 Å². The maximum atomic E-state index is 3.62. The van der Waals surface area contributed by atoms with Gasteiger partial charge < -0.3 is 5.32 Å². The van der Waals surface area contributed by atoms with E-state index in [0.717, 1.165) is 19.1 Å². The zero-order valence-corrected chi connectivity index (χ0v) is 13.5. The molecule has 2 fully saturated rings. The molecular weight excluding hydrogens is 266 g/mol. The Morgan fingerprint density at radius 3 is 3.15 bits per heavy atom. The van der Waals surface area contributed by atoms with Crippen LogP contribution in [0.3, 0.4) is 0 Å². The van der Waals surface area contributed by atoms with E-state index in [9.17, 15) is 0 Å². The van der Waals surface area contributed by atoms with Gasteiger partial charge in [0.15, 0.2) is 0 Å². The number of fused-ring (bicyclic) bond motifs is 1. The first-order chi connectivity index (χ1) is 9.74. The van der Waals surface area contributed by atoms with Gasteiger partial charge in [0.25, 0.3) is 0 Å². The summed E-state index contributed by atoms with van der Waals surface area (Å²) in [5, 5.41) is 5.77. The molecule has 112 valence electrons. The lowest BCUT2D eigenvalue weighted by atomic mass is 10.1. The Balaban J connectivity index is 1.47. The number of nitrogens with zero attached hydrogens (tertiary/aromatic N) is 2. The van der Waals surface area contributed by atoms with Crippen LogP contribution >= 0.6 is 11.3 Å². The third-order valence-electron chi connectivity index (χ3n) is 4.87. The van der Waals surface area contributed by atoms with Gasteiger partial charge in [-0.1, -0.05) is 6.07 Å². The summed E-state index contributed by atoms with van der Waals surface area (Å²) in [5.41, 5.74) is 0. The van der Waals surface area contributed by atoms with Crippen molar-refractivity contribution in [2.45, 2.75) is 51.4 Å². The van der Waals surface area contributed by atoms with E-state index in [1.54, 1.807) is 0 Å². The van der Waals surface area contributed by atoms with Crippen molar-refractivity contribution in [2.75, 3.05) is 26.2 Å². The number of nitrogens with one attached hydrogen (secondary N) is 1. The van der Waals surface area contributed by atoms with Gasteiger partial charge in [0, 0.05) is 49.2 Å². The minimum atomic E-state index is 0.632. The van der Waals surface area contributed by atoms with Crippen LogP contribution in [0.5, 0.6) is 0 Å². The molecule has 1 aromatic heterocycles. The number of hydrogen-bond donors (Lipinski definition) is 1. The fourth-order valence-electron chi connectivity index (χ4n) is 3.76. The van der Waals surface area contributed by atoms with Gasteiger partial charge in [0.2, 0.25) is 0 Å². The molecule has 3 atom stereocenters. The fourth-order valence-corrected chi connectivity index (χ4v) is 4.43. The van der Waals surface area contributed by atoms with Crippen molar-refractivity contribution in [3.63, 3.8) is 0 Å². The lowest BCUT2D eigenvalue weighted by Gasteiger charge is -2.45. The van der Waals surface area contributed by atoms with Gasteiger partial charge in [-0.05, 0) is 44.7 Å². The minimum absolute atomic E-state index is 0.632. The van der Waals surface area contributed by atoms with Gasteiger partial charge in [0.05, 0.1) is 0 Å². The highest BCUT2D eigenvalue weighted by molar-refractivity contribution is 7.09. The fraction of sp³-hybridized carbons (Fsp3) is 0.750. The van der Waals surface area contributed by atoms with Gasteiger partial charge in [-0.15, -0.1) is 11.3 Å². The van der Waals surface area contributed by atoms with E-state index in [2.05, 4.69) is 46.5 Å². The molecule has 1 N–H and O–H groups in total. The molecule has 20 heavy (non-hydrogen) atoms. The molecule has 0 amide bonds. The summed E-state index contributed by atoms with van der Waals surface area (Å²) in [7, 11) is 0. The molecule has 0 radical (unpaired) electrons. The normalized spacial score (nSPS) is 29.5. The molecule has 3 nitrogen and oxygen atoms in total. The van der Waals surface area contributed by atoms with Crippen LogP contribution in [-0.2, 0) is 6.54 Å². The van der Waals surface area contributed by atoms with E-state index in [-0.39, 0.29) is 0 Å². The summed E-state index contributed by atoms with van der Waals surface area (Å²) in [5.74, 6) is 0. The van der Waals surface area contributed by atoms with Gasteiger partial charge in [-0.3, -0.25) is 9.80 Å². The first-order valence-corrected chi connectivity index (χ1v) is 8.85. The van der Waals surface area contributed by atoms with E-state index in [1.807, 2.05) is 11.3 Å². The molecule has 2 aliphatic heterocycles. The van der Waals surface area contributed by atoms with Crippen LogP contribution in [0.15, 0.2) is 17.5 Å². The van der Waals surface area contributed by atoms with Gasteiger partial charge in [-0.25, -0.2) is 0 Å². The van der Waals surface area contributed by atoms with Crippen molar-refractivity contribution in [3.05, 3.63) is 22.4 Å². The highest BCUT2D eigenvalue weighted by atomic mass is 32.1. The molecule has 2 aliphatic rings. The maximum Gasteiger partial charge on any atom is 0.0300 e. The van der Waals surface area contributed by atoms with Gasteiger partial charge in [-0.2, -0.15) is 0 Å². The van der Waals surface area contributed by atoms with Crippen molar-refractivity contribution >= 4 is 11.3 Å². The van der Waals surface area contributed by atoms with Crippen LogP contribution in [0.4, 0.5) is 0 Å². The number of rotatable bonds is 5. The standard InChI is InChI=1S/C16H27N3S/c1-13(9-17-10-16-6-4-8-20-16)19-12-15-5-3-7-18(15)11-14(19)2/h4,6,8,13-15,17H,3,5,7,9-12H2,1-2H3. The summed E-state index contributed by atoms with van der Waals surface area (Å²) in [6, 6.07) is 6.50. The van der Waals surface area contributed by atoms with Crippen molar-refractivity contribution in [3.8, 4) is 0 Å². The van der Waals surface area contributed by atoms with Crippen LogP contribution in [0.2, 0.25) is 0 Å². The predicted octanol–water partition coefficient (Wildman–Crippen LogP) is 2.39. The molecule has 3 unspecified atom stereocenters. The highest BCUT2D eigenvalue weighted by Crippen LogP contribution is 2.25. The quantitative estimate of drug-likeness (QED) is 0.899. The Morgan fingerprint density at radius 1 is 1.45 bits per heavy atom. The summed E-state index contributed by atoms with van der Waals surface area (Å²) in [6.07, 6.45) is 2.80. The second kappa shape index (κ2) is 6.56. The van der Waals surface area contributed by atoms with Crippen LogP contribution in [0.1, 0.15) is 31.6 Å². The summed E-state index contributed by atoms with van der Waals surface area (Å²) < 4.78 is 0. The van der Waals surface area contributed by atoms with Crippen LogP contribution in [0.25, 0.3) is 0 Å². The average Bonchev–Trinajstić information content (AvgIpc) is 3.08.